The van der Waals surface area contributed by atoms with Crippen LogP contribution >= 0.6 is 11.3 Å². The molecular formula is C38H32O2S. The van der Waals surface area contributed by atoms with Crippen LogP contribution in [0.4, 0.5) is 0 Å². The lowest BCUT2D eigenvalue weighted by atomic mass is 9.99. The van der Waals surface area contributed by atoms with Crippen molar-refractivity contribution in [3.8, 4) is 56.1 Å². The van der Waals surface area contributed by atoms with E-state index in [1.165, 1.54) is 11.1 Å². The number of ether oxygens (including phenoxy) is 2. The van der Waals surface area contributed by atoms with Gasteiger partial charge in [0.25, 0.3) is 0 Å². The highest BCUT2D eigenvalue weighted by Crippen LogP contribution is 2.42. The van der Waals surface area contributed by atoms with Crippen LogP contribution in [-0.2, 0) is 12.8 Å². The molecule has 202 valence electrons. The fraction of sp³-hybridized carbons (Fsp3) is 0.158. The van der Waals surface area contributed by atoms with Gasteiger partial charge < -0.3 is 9.47 Å². The van der Waals surface area contributed by atoms with Crippen LogP contribution in [0.5, 0.6) is 11.5 Å². The molecule has 0 bridgehead atoms. The fourth-order valence-corrected chi connectivity index (χ4v) is 5.70. The van der Waals surface area contributed by atoms with Crippen molar-refractivity contribution < 1.29 is 9.47 Å². The number of methoxy groups -OCH3 is 2. The van der Waals surface area contributed by atoms with Gasteiger partial charge in [-0.15, -0.1) is 11.3 Å². The largest absolute Gasteiger partial charge is 0.497 e. The number of rotatable bonds is 6. The predicted octanol–water partition coefficient (Wildman–Crippen LogP) is 9.02. The molecule has 0 N–H and O–H groups in total. The van der Waals surface area contributed by atoms with Crippen molar-refractivity contribution in [3.05, 3.63) is 130 Å². The van der Waals surface area contributed by atoms with Crippen LogP contribution < -0.4 is 9.47 Å². The molecule has 1 aromatic heterocycles. The first kappa shape index (κ1) is 27.9. The van der Waals surface area contributed by atoms with Gasteiger partial charge >= 0.3 is 0 Å². The Kier molecular flexibility index (Phi) is 8.90. The molecule has 0 spiro atoms. The maximum absolute atomic E-state index is 5.33. The summed E-state index contributed by atoms with van der Waals surface area (Å²) in [7, 11) is 3.34. The van der Waals surface area contributed by atoms with Crippen LogP contribution in [0, 0.1) is 23.7 Å². The van der Waals surface area contributed by atoms with Crippen molar-refractivity contribution in [2.75, 3.05) is 14.2 Å². The monoisotopic (exact) mass is 552 g/mol. The lowest BCUT2D eigenvalue weighted by Gasteiger charge is -2.02. The van der Waals surface area contributed by atoms with E-state index in [1.54, 1.807) is 25.6 Å². The Bertz CT molecular complexity index is 1600. The molecule has 0 saturated heterocycles. The molecule has 0 unspecified atom stereocenters. The molecule has 0 aliphatic carbocycles. The van der Waals surface area contributed by atoms with Gasteiger partial charge in [-0.05, 0) is 83.6 Å². The second-order valence-corrected chi connectivity index (χ2v) is 10.6. The minimum absolute atomic E-state index is 0.812. The molecule has 0 atom stereocenters. The van der Waals surface area contributed by atoms with E-state index < -0.39 is 0 Å². The lowest BCUT2D eigenvalue weighted by Crippen LogP contribution is -1.87. The predicted molar refractivity (Wildman–Crippen MR) is 172 cm³/mol. The van der Waals surface area contributed by atoms with Crippen LogP contribution in [0.1, 0.15) is 47.2 Å². The molecule has 0 aliphatic rings. The molecule has 0 fully saturated rings. The normalized spacial score (nSPS) is 10.2. The lowest BCUT2D eigenvalue weighted by molar-refractivity contribution is 0.414. The molecule has 1 heterocycles. The summed E-state index contributed by atoms with van der Waals surface area (Å²) in [5.41, 5.74) is 8.66. The molecule has 3 heteroatoms. The van der Waals surface area contributed by atoms with E-state index in [9.17, 15) is 0 Å². The van der Waals surface area contributed by atoms with Crippen LogP contribution in [0.15, 0.2) is 97.1 Å². The standard InChI is InChI=1S/C38H32O2S/c1-5-27-7-17-31(18-8-27)37-35(25-15-29-11-21-33(39-3)22-12-29)36(26-16-30-13-23-34(40-4)24-14-30)38(41-37)32-19-9-28(6-2)10-20-32/h7-14,17-24H,5-6H2,1-4H3. The first-order valence-electron chi connectivity index (χ1n) is 13.8. The van der Waals surface area contributed by atoms with Crippen molar-refractivity contribution in [1.82, 2.24) is 0 Å². The van der Waals surface area contributed by atoms with Crippen molar-refractivity contribution in [3.63, 3.8) is 0 Å². The maximum Gasteiger partial charge on any atom is 0.118 e. The summed E-state index contributed by atoms with van der Waals surface area (Å²) in [6, 6.07) is 33.3. The molecule has 4 aromatic carbocycles. The minimum Gasteiger partial charge on any atom is -0.497 e. The van der Waals surface area contributed by atoms with Crippen molar-refractivity contribution in [2.45, 2.75) is 26.7 Å². The Morgan fingerprint density at radius 3 is 1.17 bits per heavy atom. The Morgan fingerprint density at radius 1 is 0.488 bits per heavy atom. The van der Waals surface area contributed by atoms with Gasteiger partial charge in [-0.3, -0.25) is 0 Å². The van der Waals surface area contributed by atoms with E-state index in [0.717, 1.165) is 67.5 Å². The first-order valence-corrected chi connectivity index (χ1v) is 14.6. The Labute approximate surface area is 247 Å². The van der Waals surface area contributed by atoms with E-state index >= 15 is 0 Å². The van der Waals surface area contributed by atoms with E-state index in [1.807, 2.05) is 48.5 Å². The number of thiophene rings is 1. The third kappa shape index (κ3) is 6.55. The average Bonchev–Trinajstić information content (AvgIpc) is 3.41. The van der Waals surface area contributed by atoms with E-state index in [2.05, 4.69) is 86.1 Å². The van der Waals surface area contributed by atoms with Crippen molar-refractivity contribution in [2.24, 2.45) is 0 Å². The van der Waals surface area contributed by atoms with Crippen LogP contribution in [-0.4, -0.2) is 14.2 Å². The molecular weight excluding hydrogens is 520 g/mol. The zero-order valence-electron chi connectivity index (χ0n) is 23.9. The van der Waals surface area contributed by atoms with Gasteiger partial charge in [0.15, 0.2) is 0 Å². The fourth-order valence-electron chi connectivity index (χ4n) is 4.48. The second-order valence-electron chi connectivity index (χ2n) is 9.57. The number of aryl methyl sites for hydroxylation is 2. The highest BCUT2D eigenvalue weighted by molar-refractivity contribution is 7.19. The van der Waals surface area contributed by atoms with E-state index in [0.29, 0.717) is 0 Å². The average molecular weight is 553 g/mol. The van der Waals surface area contributed by atoms with Gasteiger partial charge in [-0.25, -0.2) is 0 Å². The maximum atomic E-state index is 5.33. The molecule has 0 aliphatic heterocycles. The van der Waals surface area contributed by atoms with Crippen molar-refractivity contribution in [1.29, 1.82) is 0 Å². The van der Waals surface area contributed by atoms with Crippen LogP contribution in [0.25, 0.3) is 20.9 Å². The highest BCUT2D eigenvalue weighted by Gasteiger charge is 2.19. The third-order valence-electron chi connectivity index (χ3n) is 7.00. The van der Waals surface area contributed by atoms with Gasteiger partial charge in [0.05, 0.1) is 35.1 Å². The van der Waals surface area contributed by atoms with E-state index in [4.69, 9.17) is 9.47 Å². The Morgan fingerprint density at radius 2 is 0.854 bits per heavy atom. The summed E-state index contributed by atoms with van der Waals surface area (Å²) < 4.78 is 10.7. The summed E-state index contributed by atoms with van der Waals surface area (Å²) >= 11 is 1.76. The summed E-state index contributed by atoms with van der Waals surface area (Å²) in [4.78, 5) is 2.25. The summed E-state index contributed by atoms with van der Waals surface area (Å²) in [6.07, 6.45) is 2.00. The molecule has 41 heavy (non-hydrogen) atoms. The molecule has 0 saturated carbocycles. The van der Waals surface area contributed by atoms with Crippen LogP contribution in [0.3, 0.4) is 0 Å². The highest BCUT2D eigenvalue weighted by atomic mass is 32.1. The molecule has 5 rings (SSSR count). The van der Waals surface area contributed by atoms with Gasteiger partial charge in [0.2, 0.25) is 0 Å². The van der Waals surface area contributed by atoms with Gasteiger partial charge in [0.1, 0.15) is 11.5 Å². The SMILES string of the molecule is CCc1ccc(-c2sc(-c3ccc(CC)cc3)c(C#Cc3ccc(OC)cc3)c2C#Cc2ccc(OC)cc2)cc1. The van der Waals surface area contributed by atoms with E-state index in [-0.39, 0.29) is 0 Å². The van der Waals surface area contributed by atoms with Gasteiger partial charge in [0, 0.05) is 11.1 Å². The molecule has 2 nitrogen and oxygen atoms in total. The molecule has 0 amide bonds. The summed E-state index contributed by atoms with van der Waals surface area (Å²) in [6.45, 7) is 4.35. The zero-order chi connectivity index (χ0) is 28.6. The van der Waals surface area contributed by atoms with Crippen LogP contribution in [0.2, 0.25) is 0 Å². The Balaban J connectivity index is 1.72. The smallest absolute Gasteiger partial charge is 0.118 e. The number of hydrogen-bond acceptors (Lipinski definition) is 3. The molecule has 5 aromatic rings. The van der Waals surface area contributed by atoms with Crippen molar-refractivity contribution >= 4 is 11.3 Å². The first-order chi connectivity index (χ1) is 20.1. The summed E-state index contributed by atoms with van der Waals surface area (Å²) in [5.74, 6) is 15.5. The second kappa shape index (κ2) is 13.1. The number of hydrogen-bond donors (Lipinski definition) is 0. The minimum atomic E-state index is 0.812. The summed E-state index contributed by atoms with van der Waals surface area (Å²) in [5, 5.41) is 0. The number of benzene rings is 4. The quantitative estimate of drug-likeness (QED) is 0.196. The molecule has 0 radical (unpaired) electrons. The Hall–Kier alpha value is -4.70. The third-order valence-corrected chi connectivity index (χ3v) is 8.29. The topological polar surface area (TPSA) is 18.5 Å². The van der Waals surface area contributed by atoms with Gasteiger partial charge in [-0.1, -0.05) is 86.1 Å². The zero-order valence-corrected chi connectivity index (χ0v) is 24.7. The van der Waals surface area contributed by atoms with Gasteiger partial charge in [-0.2, -0.15) is 0 Å².